The van der Waals surface area contributed by atoms with Gasteiger partial charge in [0.15, 0.2) is 0 Å². The molecule has 0 radical (unpaired) electrons. The van der Waals surface area contributed by atoms with Gasteiger partial charge in [-0.1, -0.05) is 6.07 Å². The zero-order chi connectivity index (χ0) is 15.6. The highest BCUT2D eigenvalue weighted by atomic mass is 16.3. The maximum absolute atomic E-state index is 12.3. The van der Waals surface area contributed by atoms with Gasteiger partial charge in [0.2, 0.25) is 5.91 Å². The highest BCUT2D eigenvalue weighted by Gasteiger charge is 2.18. The van der Waals surface area contributed by atoms with Crippen LogP contribution in [0.4, 0.5) is 0 Å². The first-order valence-electron chi connectivity index (χ1n) is 7.35. The van der Waals surface area contributed by atoms with E-state index in [-0.39, 0.29) is 12.5 Å². The van der Waals surface area contributed by atoms with Crippen molar-refractivity contribution in [3.63, 3.8) is 0 Å². The third kappa shape index (κ3) is 2.95. The summed E-state index contributed by atoms with van der Waals surface area (Å²) in [6.45, 7) is 9.03. The normalized spacial score (nSPS) is 11.1. The smallest absolute Gasteiger partial charge is 0.227 e. The molecule has 0 bridgehead atoms. The number of aryl methyl sites for hydroxylation is 3. The number of amides is 1. The van der Waals surface area contributed by atoms with Crippen molar-refractivity contribution in [1.29, 1.82) is 0 Å². The Morgan fingerprint density at radius 2 is 2.00 bits per heavy atom. The molecule has 1 amide bonds. The van der Waals surface area contributed by atoms with Crippen molar-refractivity contribution in [2.75, 3.05) is 19.7 Å². The molecule has 4 heteroatoms. The molecule has 0 fully saturated rings. The van der Waals surface area contributed by atoms with Crippen LogP contribution in [0.25, 0.3) is 11.0 Å². The summed E-state index contributed by atoms with van der Waals surface area (Å²) in [5, 5.41) is 10.1. The molecule has 1 aromatic carbocycles. The molecule has 2 rings (SSSR count). The van der Waals surface area contributed by atoms with E-state index in [4.69, 9.17) is 9.52 Å². The maximum atomic E-state index is 12.3. The first kappa shape index (κ1) is 15.6. The zero-order valence-electron chi connectivity index (χ0n) is 13.2. The summed E-state index contributed by atoms with van der Waals surface area (Å²) >= 11 is 0. The maximum Gasteiger partial charge on any atom is 0.227 e. The van der Waals surface area contributed by atoms with Gasteiger partial charge in [-0.3, -0.25) is 4.79 Å². The van der Waals surface area contributed by atoms with E-state index in [2.05, 4.69) is 13.0 Å². The number of hydrogen-bond donors (Lipinski definition) is 1. The fraction of sp³-hybridized carbons (Fsp3) is 0.471. The van der Waals surface area contributed by atoms with Gasteiger partial charge in [-0.2, -0.15) is 0 Å². The number of fused-ring (bicyclic) bond motifs is 1. The van der Waals surface area contributed by atoms with E-state index in [0.717, 1.165) is 27.7 Å². The van der Waals surface area contributed by atoms with Gasteiger partial charge >= 0.3 is 0 Å². The van der Waals surface area contributed by atoms with Gasteiger partial charge in [-0.25, -0.2) is 0 Å². The number of aliphatic hydroxyl groups excluding tert-OH is 1. The van der Waals surface area contributed by atoms with Crippen LogP contribution in [0.5, 0.6) is 0 Å². The molecule has 1 N–H and O–H groups in total. The lowest BCUT2D eigenvalue weighted by atomic mass is 9.99. The second-order valence-electron chi connectivity index (χ2n) is 5.47. The molecule has 0 saturated heterocycles. The number of hydrogen-bond acceptors (Lipinski definition) is 3. The van der Waals surface area contributed by atoms with E-state index in [1.54, 1.807) is 11.2 Å². The van der Waals surface area contributed by atoms with E-state index >= 15 is 0 Å². The lowest BCUT2D eigenvalue weighted by Crippen LogP contribution is -2.34. The summed E-state index contributed by atoms with van der Waals surface area (Å²) in [6.07, 6.45) is 2.00. The Balaban J connectivity index is 2.36. The lowest BCUT2D eigenvalue weighted by Gasteiger charge is -2.19. The fourth-order valence-corrected chi connectivity index (χ4v) is 2.77. The van der Waals surface area contributed by atoms with E-state index in [9.17, 15) is 4.79 Å². The summed E-state index contributed by atoms with van der Waals surface area (Å²) in [4.78, 5) is 14.0. The van der Waals surface area contributed by atoms with Crippen LogP contribution in [-0.4, -0.2) is 35.6 Å². The second-order valence-corrected chi connectivity index (χ2v) is 5.47. The molecule has 4 nitrogen and oxygen atoms in total. The van der Waals surface area contributed by atoms with Gasteiger partial charge in [-0.05, 0) is 44.4 Å². The largest absolute Gasteiger partial charge is 0.464 e. The first-order chi connectivity index (χ1) is 9.99. The fourth-order valence-electron chi connectivity index (χ4n) is 2.77. The van der Waals surface area contributed by atoms with Crippen molar-refractivity contribution in [3.8, 4) is 0 Å². The van der Waals surface area contributed by atoms with Crippen LogP contribution in [0.1, 0.15) is 29.2 Å². The van der Waals surface area contributed by atoms with E-state index < -0.39 is 0 Å². The molecule has 2 aromatic rings. The summed E-state index contributed by atoms with van der Waals surface area (Å²) in [7, 11) is 0. The predicted molar refractivity (Wildman–Crippen MR) is 83.5 cm³/mol. The van der Waals surface area contributed by atoms with E-state index in [1.807, 2.05) is 20.8 Å². The van der Waals surface area contributed by atoms with E-state index in [1.165, 1.54) is 5.56 Å². The van der Waals surface area contributed by atoms with Crippen LogP contribution in [0.2, 0.25) is 0 Å². The Morgan fingerprint density at radius 1 is 1.29 bits per heavy atom. The number of carbonyl (C=O) groups excluding carboxylic acids is 1. The minimum Gasteiger partial charge on any atom is -0.464 e. The molecular weight excluding hydrogens is 266 g/mol. The molecule has 1 heterocycles. The number of furan rings is 1. The first-order valence-corrected chi connectivity index (χ1v) is 7.35. The quantitative estimate of drug-likeness (QED) is 0.921. The third-order valence-electron chi connectivity index (χ3n) is 4.07. The number of nitrogens with zero attached hydrogens (tertiary/aromatic N) is 1. The third-order valence-corrected chi connectivity index (χ3v) is 4.07. The van der Waals surface area contributed by atoms with Crippen LogP contribution < -0.4 is 0 Å². The molecule has 0 saturated carbocycles. The van der Waals surface area contributed by atoms with Crippen LogP contribution in [0, 0.1) is 20.8 Å². The minimum absolute atomic E-state index is 0.0109. The van der Waals surface area contributed by atoms with Crippen LogP contribution in [0.3, 0.4) is 0 Å². The number of likely N-dealkylation sites (N-methyl/N-ethyl adjacent to an activating group) is 1. The number of aliphatic hydroxyl groups is 1. The Labute approximate surface area is 125 Å². The van der Waals surface area contributed by atoms with Crippen LogP contribution in [0.15, 0.2) is 16.7 Å². The van der Waals surface area contributed by atoms with Gasteiger partial charge in [0.25, 0.3) is 0 Å². The minimum atomic E-state index is -0.0109. The molecule has 0 aliphatic carbocycles. The Morgan fingerprint density at radius 3 is 2.62 bits per heavy atom. The predicted octanol–water partition coefficient (Wildman–Crippen LogP) is 2.74. The average molecular weight is 289 g/mol. The standard InChI is InChI=1S/C17H23NO3/c1-5-18(6-7-19)15(20)9-14-10-21-17-13(4)11(2)8-12(3)16(14)17/h8,10,19H,5-7,9H2,1-4H3. The molecule has 21 heavy (non-hydrogen) atoms. The Kier molecular flexibility index (Phi) is 4.68. The van der Waals surface area contributed by atoms with Crippen molar-refractivity contribution in [2.24, 2.45) is 0 Å². The Hall–Kier alpha value is -1.81. The molecule has 0 atom stereocenters. The van der Waals surface area contributed by atoms with Gasteiger partial charge in [0.1, 0.15) is 5.58 Å². The van der Waals surface area contributed by atoms with Gasteiger partial charge in [0, 0.05) is 24.0 Å². The average Bonchev–Trinajstić information content (AvgIpc) is 2.86. The van der Waals surface area contributed by atoms with Crippen molar-refractivity contribution >= 4 is 16.9 Å². The van der Waals surface area contributed by atoms with Crippen molar-refractivity contribution in [1.82, 2.24) is 4.90 Å². The van der Waals surface area contributed by atoms with Crippen molar-refractivity contribution < 1.29 is 14.3 Å². The number of carbonyl (C=O) groups is 1. The summed E-state index contributed by atoms with van der Waals surface area (Å²) in [5.41, 5.74) is 5.25. The SMILES string of the molecule is CCN(CCO)C(=O)Cc1coc2c(C)c(C)cc(C)c12. The van der Waals surface area contributed by atoms with Crippen LogP contribution >= 0.6 is 0 Å². The van der Waals surface area contributed by atoms with Gasteiger partial charge in [-0.15, -0.1) is 0 Å². The summed E-state index contributed by atoms with van der Waals surface area (Å²) < 4.78 is 5.70. The topological polar surface area (TPSA) is 53.7 Å². The Bertz CT molecular complexity index is 658. The molecule has 1 aromatic heterocycles. The van der Waals surface area contributed by atoms with Crippen molar-refractivity contribution in [3.05, 3.63) is 34.6 Å². The van der Waals surface area contributed by atoms with Crippen LogP contribution in [-0.2, 0) is 11.2 Å². The lowest BCUT2D eigenvalue weighted by molar-refractivity contribution is -0.130. The monoisotopic (exact) mass is 289 g/mol. The number of rotatable bonds is 5. The molecule has 0 spiro atoms. The molecule has 114 valence electrons. The highest BCUT2D eigenvalue weighted by Crippen LogP contribution is 2.30. The van der Waals surface area contributed by atoms with Crippen molar-refractivity contribution in [2.45, 2.75) is 34.1 Å². The number of benzene rings is 1. The zero-order valence-corrected chi connectivity index (χ0v) is 13.2. The van der Waals surface area contributed by atoms with Gasteiger partial charge in [0.05, 0.1) is 19.3 Å². The summed E-state index contributed by atoms with van der Waals surface area (Å²) in [6, 6.07) is 2.13. The van der Waals surface area contributed by atoms with E-state index in [0.29, 0.717) is 19.5 Å². The molecular formula is C17H23NO3. The molecule has 0 aliphatic rings. The second kappa shape index (κ2) is 6.31. The molecule has 0 unspecified atom stereocenters. The van der Waals surface area contributed by atoms with Gasteiger partial charge < -0.3 is 14.4 Å². The summed E-state index contributed by atoms with van der Waals surface area (Å²) in [5.74, 6) is 0.0203. The highest BCUT2D eigenvalue weighted by molar-refractivity contribution is 5.91. The molecule has 0 aliphatic heterocycles.